The minimum atomic E-state index is -0.956. The standard InChI is InChI=1S/C19H21ClO4/c1-14-9-11-15(12-10-14)24-18(19(21)22)8-4-5-13-23-17-7-3-2-6-16(17)20/h2-3,6-7,9-12,18H,4-5,8,13H2,1H3,(H,21,22). The van der Waals surface area contributed by atoms with Gasteiger partial charge >= 0.3 is 5.97 Å². The molecule has 0 heterocycles. The Labute approximate surface area is 147 Å². The molecule has 0 saturated heterocycles. The number of aliphatic carboxylic acids is 1. The van der Waals surface area contributed by atoms with Crippen LogP contribution in [0.2, 0.25) is 5.02 Å². The third kappa shape index (κ3) is 5.78. The summed E-state index contributed by atoms with van der Waals surface area (Å²) in [5.74, 6) is 0.257. The third-order valence-corrected chi connectivity index (χ3v) is 3.84. The van der Waals surface area contributed by atoms with Gasteiger partial charge in [-0.1, -0.05) is 41.4 Å². The van der Waals surface area contributed by atoms with Crippen LogP contribution in [-0.4, -0.2) is 23.8 Å². The monoisotopic (exact) mass is 348 g/mol. The Balaban J connectivity index is 1.74. The fraction of sp³-hybridized carbons (Fsp3) is 0.316. The van der Waals surface area contributed by atoms with E-state index in [-0.39, 0.29) is 0 Å². The fourth-order valence-electron chi connectivity index (χ4n) is 2.19. The summed E-state index contributed by atoms with van der Waals surface area (Å²) in [6.07, 6.45) is 0.988. The number of aryl methyl sites for hydroxylation is 1. The third-order valence-electron chi connectivity index (χ3n) is 3.53. The van der Waals surface area contributed by atoms with Crippen molar-refractivity contribution < 1.29 is 19.4 Å². The molecule has 0 saturated carbocycles. The molecule has 4 nitrogen and oxygen atoms in total. The van der Waals surface area contributed by atoms with Crippen molar-refractivity contribution in [1.82, 2.24) is 0 Å². The van der Waals surface area contributed by atoms with Crippen LogP contribution in [0.4, 0.5) is 0 Å². The van der Waals surface area contributed by atoms with Gasteiger partial charge in [0.25, 0.3) is 0 Å². The molecule has 0 amide bonds. The molecule has 0 aromatic heterocycles. The quantitative estimate of drug-likeness (QED) is 0.665. The lowest BCUT2D eigenvalue weighted by Crippen LogP contribution is -2.27. The van der Waals surface area contributed by atoms with Gasteiger partial charge in [0.15, 0.2) is 6.10 Å². The van der Waals surface area contributed by atoms with Crippen molar-refractivity contribution in [3.05, 3.63) is 59.1 Å². The van der Waals surface area contributed by atoms with E-state index in [2.05, 4.69) is 0 Å². The zero-order chi connectivity index (χ0) is 17.4. The molecule has 24 heavy (non-hydrogen) atoms. The zero-order valence-electron chi connectivity index (χ0n) is 13.6. The van der Waals surface area contributed by atoms with E-state index in [1.165, 1.54) is 0 Å². The normalized spacial score (nSPS) is 11.8. The highest BCUT2D eigenvalue weighted by Gasteiger charge is 2.18. The highest BCUT2D eigenvalue weighted by atomic mass is 35.5. The first kappa shape index (κ1) is 18.1. The number of halogens is 1. The Morgan fingerprint density at radius 3 is 2.50 bits per heavy atom. The van der Waals surface area contributed by atoms with Crippen molar-refractivity contribution in [2.45, 2.75) is 32.3 Å². The average molecular weight is 349 g/mol. The smallest absolute Gasteiger partial charge is 0.344 e. The van der Waals surface area contributed by atoms with Crippen LogP contribution in [-0.2, 0) is 4.79 Å². The van der Waals surface area contributed by atoms with Crippen LogP contribution in [0, 0.1) is 6.92 Å². The molecule has 1 atom stereocenters. The molecule has 0 bridgehead atoms. The highest BCUT2D eigenvalue weighted by molar-refractivity contribution is 6.32. The van der Waals surface area contributed by atoms with Crippen LogP contribution in [0.15, 0.2) is 48.5 Å². The summed E-state index contributed by atoms with van der Waals surface area (Å²) in [6, 6.07) is 14.6. The number of ether oxygens (including phenoxy) is 2. The highest BCUT2D eigenvalue weighted by Crippen LogP contribution is 2.23. The molecule has 1 unspecified atom stereocenters. The van der Waals surface area contributed by atoms with E-state index in [4.69, 9.17) is 21.1 Å². The first-order valence-corrected chi connectivity index (χ1v) is 8.27. The minimum absolute atomic E-state index is 0.426. The van der Waals surface area contributed by atoms with Gasteiger partial charge < -0.3 is 14.6 Å². The number of carboxylic acids is 1. The van der Waals surface area contributed by atoms with E-state index < -0.39 is 12.1 Å². The van der Waals surface area contributed by atoms with Crippen molar-refractivity contribution in [2.75, 3.05) is 6.61 Å². The lowest BCUT2D eigenvalue weighted by Gasteiger charge is -2.15. The van der Waals surface area contributed by atoms with E-state index in [1.54, 1.807) is 18.2 Å². The average Bonchev–Trinajstić information content (AvgIpc) is 2.56. The Kier molecular flexibility index (Phi) is 6.94. The van der Waals surface area contributed by atoms with E-state index in [1.807, 2.05) is 37.3 Å². The zero-order valence-corrected chi connectivity index (χ0v) is 14.3. The first-order valence-electron chi connectivity index (χ1n) is 7.89. The first-order chi connectivity index (χ1) is 11.6. The van der Waals surface area contributed by atoms with Crippen molar-refractivity contribution in [3.8, 4) is 11.5 Å². The molecule has 0 aliphatic heterocycles. The lowest BCUT2D eigenvalue weighted by atomic mass is 10.1. The Bertz CT molecular complexity index is 655. The van der Waals surface area contributed by atoms with Gasteiger partial charge in [0.05, 0.1) is 11.6 Å². The molecule has 2 aromatic carbocycles. The van der Waals surface area contributed by atoms with Crippen molar-refractivity contribution >= 4 is 17.6 Å². The van der Waals surface area contributed by atoms with Gasteiger partial charge in [-0.3, -0.25) is 0 Å². The number of para-hydroxylation sites is 1. The predicted molar refractivity (Wildman–Crippen MR) is 94.0 cm³/mol. The molecule has 1 N–H and O–H groups in total. The summed E-state index contributed by atoms with van der Waals surface area (Å²) >= 11 is 6.01. The minimum Gasteiger partial charge on any atom is -0.492 e. The predicted octanol–water partition coefficient (Wildman–Crippen LogP) is 4.73. The Morgan fingerprint density at radius 2 is 1.83 bits per heavy atom. The van der Waals surface area contributed by atoms with Crippen LogP contribution < -0.4 is 9.47 Å². The van der Waals surface area contributed by atoms with Crippen molar-refractivity contribution in [3.63, 3.8) is 0 Å². The molecule has 0 radical (unpaired) electrons. The van der Waals surface area contributed by atoms with Gasteiger partial charge in [0.1, 0.15) is 11.5 Å². The van der Waals surface area contributed by atoms with Crippen LogP contribution in [0.3, 0.4) is 0 Å². The molecular formula is C19H21ClO4. The second-order valence-corrected chi connectivity index (χ2v) is 5.94. The SMILES string of the molecule is Cc1ccc(OC(CCCCOc2ccccc2Cl)C(=O)O)cc1. The number of rotatable bonds is 9. The van der Waals surface area contributed by atoms with Gasteiger partial charge in [0.2, 0.25) is 0 Å². The fourth-order valence-corrected chi connectivity index (χ4v) is 2.38. The maximum absolute atomic E-state index is 11.3. The van der Waals surface area contributed by atoms with Crippen LogP contribution in [0.5, 0.6) is 11.5 Å². The molecular weight excluding hydrogens is 328 g/mol. The molecule has 2 aromatic rings. The number of hydrogen-bond acceptors (Lipinski definition) is 3. The maximum atomic E-state index is 11.3. The summed E-state index contributed by atoms with van der Waals surface area (Å²) in [7, 11) is 0. The van der Waals surface area contributed by atoms with Crippen LogP contribution >= 0.6 is 11.6 Å². The van der Waals surface area contributed by atoms with Gasteiger partial charge in [-0.25, -0.2) is 4.79 Å². The molecule has 5 heteroatoms. The summed E-state index contributed by atoms with van der Waals surface area (Å²) in [5.41, 5.74) is 1.10. The maximum Gasteiger partial charge on any atom is 0.344 e. The molecule has 0 aliphatic carbocycles. The van der Waals surface area contributed by atoms with E-state index >= 15 is 0 Å². The number of carbonyl (C=O) groups is 1. The van der Waals surface area contributed by atoms with Gasteiger partial charge in [0, 0.05) is 0 Å². The van der Waals surface area contributed by atoms with Gasteiger partial charge in [-0.05, 0) is 50.5 Å². The number of hydrogen-bond donors (Lipinski definition) is 1. The summed E-state index contributed by atoms with van der Waals surface area (Å²) in [4.78, 5) is 11.3. The van der Waals surface area contributed by atoms with Crippen molar-refractivity contribution in [2.24, 2.45) is 0 Å². The molecule has 2 rings (SSSR count). The molecule has 0 aliphatic rings. The van der Waals surface area contributed by atoms with Crippen molar-refractivity contribution in [1.29, 1.82) is 0 Å². The largest absolute Gasteiger partial charge is 0.492 e. The summed E-state index contributed by atoms with van der Waals surface area (Å²) < 4.78 is 11.1. The molecule has 128 valence electrons. The summed E-state index contributed by atoms with van der Waals surface area (Å²) in [5, 5.41) is 9.86. The van der Waals surface area contributed by atoms with Crippen LogP contribution in [0.25, 0.3) is 0 Å². The second kappa shape index (κ2) is 9.18. The number of carboxylic acid groups (broad SMARTS) is 1. The topological polar surface area (TPSA) is 55.8 Å². The van der Waals surface area contributed by atoms with E-state index in [0.717, 1.165) is 12.0 Å². The lowest BCUT2D eigenvalue weighted by molar-refractivity contribution is -0.145. The Hall–Kier alpha value is -2.20. The van der Waals surface area contributed by atoms with Crippen LogP contribution in [0.1, 0.15) is 24.8 Å². The van der Waals surface area contributed by atoms with E-state index in [0.29, 0.717) is 36.0 Å². The number of unbranched alkanes of at least 4 members (excludes halogenated alkanes) is 1. The summed E-state index contributed by atoms with van der Waals surface area (Å²) in [6.45, 7) is 2.46. The molecule has 0 fully saturated rings. The number of benzene rings is 2. The van der Waals surface area contributed by atoms with Gasteiger partial charge in [-0.15, -0.1) is 0 Å². The Morgan fingerprint density at radius 1 is 1.12 bits per heavy atom. The van der Waals surface area contributed by atoms with E-state index in [9.17, 15) is 9.90 Å². The molecule has 0 spiro atoms. The van der Waals surface area contributed by atoms with Gasteiger partial charge in [-0.2, -0.15) is 0 Å². The second-order valence-electron chi connectivity index (χ2n) is 5.53.